The van der Waals surface area contributed by atoms with E-state index in [2.05, 4.69) is 0 Å². The van der Waals surface area contributed by atoms with Crippen LogP contribution in [0.1, 0.15) is 36.5 Å². The number of aromatic hydroxyl groups is 1. The van der Waals surface area contributed by atoms with Crippen LogP contribution in [0.25, 0.3) is 11.0 Å². The molecule has 0 aliphatic heterocycles. The van der Waals surface area contributed by atoms with Crippen molar-refractivity contribution in [1.82, 2.24) is 4.90 Å². The Kier molecular flexibility index (Phi) is 5.42. The Bertz CT molecular complexity index is 705. The van der Waals surface area contributed by atoms with Gasteiger partial charge in [-0.1, -0.05) is 13.8 Å². The molecule has 0 saturated heterocycles. The van der Waals surface area contributed by atoms with Crippen LogP contribution in [0.15, 0.2) is 21.3 Å². The molecule has 21 heavy (non-hydrogen) atoms. The standard InChI is InChI=1S/C16H21NO3.ClH/c1-9(2)14-15(19)11(8-17(4)5)7-12-10(3)6-13(18)20-16(12)14;/h6-7,9,19H,8H2,1-5H3;1H. The smallest absolute Gasteiger partial charge is 0.336 e. The van der Waals surface area contributed by atoms with Gasteiger partial charge in [-0.3, -0.25) is 0 Å². The van der Waals surface area contributed by atoms with E-state index in [0.717, 1.165) is 16.5 Å². The number of phenolic OH excluding ortho intramolecular Hbond substituents is 1. The van der Waals surface area contributed by atoms with Gasteiger partial charge in [0.15, 0.2) is 0 Å². The highest BCUT2D eigenvalue weighted by Crippen LogP contribution is 2.37. The van der Waals surface area contributed by atoms with Gasteiger partial charge in [-0.05, 0) is 38.6 Å². The Morgan fingerprint density at radius 1 is 1.29 bits per heavy atom. The summed E-state index contributed by atoms with van der Waals surface area (Å²) in [4.78, 5) is 13.6. The van der Waals surface area contributed by atoms with E-state index in [0.29, 0.717) is 17.7 Å². The van der Waals surface area contributed by atoms with Crippen molar-refractivity contribution in [1.29, 1.82) is 0 Å². The number of hydrogen-bond donors (Lipinski definition) is 1. The second-order valence-electron chi connectivity index (χ2n) is 5.82. The van der Waals surface area contributed by atoms with Crippen molar-refractivity contribution in [3.63, 3.8) is 0 Å². The molecule has 5 heteroatoms. The minimum absolute atomic E-state index is 0. The predicted molar refractivity (Wildman–Crippen MR) is 87.6 cm³/mol. The van der Waals surface area contributed by atoms with Gasteiger partial charge in [-0.25, -0.2) is 4.79 Å². The Labute approximate surface area is 130 Å². The molecule has 1 N–H and O–H groups in total. The Morgan fingerprint density at radius 2 is 1.90 bits per heavy atom. The maximum Gasteiger partial charge on any atom is 0.336 e. The summed E-state index contributed by atoms with van der Waals surface area (Å²) in [6.07, 6.45) is 0. The van der Waals surface area contributed by atoms with Crippen LogP contribution in [0.4, 0.5) is 0 Å². The molecule has 2 aromatic rings. The molecule has 0 unspecified atom stereocenters. The van der Waals surface area contributed by atoms with Crippen LogP contribution >= 0.6 is 12.4 Å². The van der Waals surface area contributed by atoms with Gasteiger partial charge < -0.3 is 14.4 Å². The van der Waals surface area contributed by atoms with E-state index in [1.54, 1.807) is 0 Å². The van der Waals surface area contributed by atoms with E-state index in [9.17, 15) is 9.90 Å². The number of fused-ring (bicyclic) bond motifs is 1. The lowest BCUT2D eigenvalue weighted by atomic mass is 9.94. The molecule has 0 amide bonds. The molecule has 2 rings (SSSR count). The van der Waals surface area contributed by atoms with Gasteiger partial charge in [-0.15, -0.1) is 12.4 Å². The third-order valence-corrected chi connectivity index (χ3v) is 3.39. The van der Waals surface area contributed by atoms with Crippen LogP contribution in [0.2, 0.25) is 0 Å². The summed E-state index contributed by atoms with van der Waals surface area (Å²) in [7, 11) is 3.91. The van der Waals surface area contributed by atoms with Gasteiger partial charge in [0.05, 0.1) is 0 Å². The molecule has 0 radical (unpaired) electrons. The molecular weight excluding hydrogens is 290 g/mol. The Hall–Kier alpha value is -1.52. The lowest BCUT2D eigenvalue weighted by Gasteiger charge is -2.18. The monoisotopic (exact) mass is 311 g/mol. The molecule has 116 valence electrons. The van der Waals surface area contributed by atoms with Crippen LogP contribution in [-0.2, 0) is 6.54 Å². The molecule has 0 saturated carbocycles. The molecule has 1 heterocycles. The van der Waals surface area contributed by atoms with Crippen LogP contribution in [0.3, 0.4) is 0 Å². The second-order valence-corrected chi connectivity index (χ2v) is 5.82. The molecular formula is C16H22ClNO3. The fourth-order valence-electron chi connectivity index (χ4n) is 2.52. The van der Waals surface area contributed by atoms with E-state index in [4.69, 9.17) is 4.42 Å². The quantitative estimate of drug-likeness (QED) is 0.883. The second kappa shape index (κ2) is 6.50. The highest BCUT2D eigenvalue weighted by Gasteiger charge is 2.19. The lowest BCUT2D eigenvalue weighted by molar-refractivity contribution is 0.383. The molecule has 0 spiro atoms. The van der Waals surface area contributed by atoms with E-state index in [1.165, 1.54) is 6.07 Å². The zero-order valence-electron chi connectivity index (χ0n) is 13.1. The van der Waals surface area contributed by atoms with Gasteiger partial charge in [0.1, 0.15) is 11.3 Å². The summed E-state index contributed by atoms with van der Waals surface area (Å²) in [5, 5.41) is 11.4. The number of benzene rings is 1. The zero-order valence-corrected chi connectivity index (χ0v) is 13.9. The van der Waals surface area contributed by atoms with E-state index >= 15 is 0 Å². The minimum Gasteiger partial charge on any atom is -0.507 e. The molecule has 0 bridgehead atoms. The number of aryl methyl sites for hydroxylation is 1. The third kappa shape index (κ3) is 3.39. The fourth-order valence-corrected chi connectivity index (χ4v) is 2.52. The first-order valence-corrected chi connectivity index (χ1v) is 6.75. The van der Waals surface area contributed by atoms with Crippen molar-refractivity contribution < 1.29 is 9.52 Å². The lowest BCUT2D eigenvalue weighted by Crippen LogP contribution is -2.12. The van der Waals surface area contributed by atoms with E-state index in [-0.39, 0.29) is 29.7 Å². The summed E-state index contributed by atoms with van der Waals surface area (Å²) in [5.74, 6) is 0.305. The average Bonchev–Trinajstić information content (AvgIpc) is 2.29. The topological polar surface area (TPSA) is 53.7 Å². The molecule has 0 aliphatic rings. The highest BCUT2D eigenvalue weighted by atomic mass is 35.5. The van der Waals surface area contributed by atoms with Crippen LogP contribution < -0.4 is 5.63 Å². The SMILES string of the molecule is Cc1cc(=O)oc2c(C(C)C)c(O)c(CN(C)C)cc12.Cl. The van der Waals surface area contributed by atoms with Gasteiger partial charge >= 0.3 is 5.63 Å². The molecule has 4 nitrogen and oxygen atoms in total. The van der Waals surface area contributed by atoms with Gasteiger partial charge in [0.2, 0.25) is 0 Å². The van der Waals surface area contributed by atoms with Crippen molar-refractivity contribution in [2.45, 2.75) is 33.2 Å². The Morgan fingerprint density at radius 3 is 2.43 bits per heavy atom. The summed E-state index contributed by atoms with van der Waals surface area (Å²) < 4.78 is 5.35. The number of phenols is 1. The van der Waals surface area contributed by atoms with E-state index in [1.807, 2.05) is 45.8 Å². The summed E-state index contributed by atoms with van der Waals surface area (Å²) >= 11 is 0. The molecule has 0 atom stereocenters. The van der Waals surface area contributed by atoms with Crippen LogP contribution in [0.5, 0.6) is 5.75 Å². The normalized spacial score (nSPS) is 11.2. The number of rotatable bonds is 3. The summed E-state index contributed by atoms with van der Waals surface area (Å²) in [6, 6.07) is 3.40. The number of hydrogen-bond acceptors (Lipinski definition) is 4. The summed E-state index contributed by atoms with van der Waals surface area (Å²) in [5.41, 5.74) is 2.56. The highest BCUT2D eigenvalue weighted by molar-refractivity contribution is 5.86. The van der Waals surface area contributed by atoms with E-state index < -0.39 is 0 Å². The maximum atomic E-state index is 11.6. The Balaban J connectivity index is 0.00000220. The maximum absolute atomic E-state index is 11.6. The van der Waals surface area contributed by atoms with Crippen molar-refractivity contribution in [3.05, 3.63) is 39.2 Å². The molecule has 0 fully saturated rings. The summed E-state index contributed by atoms with van der Waals surface area (Å²) in [6.45, 7) is 6.49. The molecule has 1 aromatic heterocycles. The van der Waals surface area contributed by atoms with Crippen LogP contribution in [-0.4, -0.2) is 24.1 Å². The largest absolute Gasteiger partial charge is 0.507 e. The minimum atomic E-state index is -0.378. The molecule has 0 aliphatic carbocycles. The predicted octanol–water partition coefficient (Wildman–Crippen LogP) is 3.41. The van der Waals surface area contributed by atoms with Crippen molar-refractivity contribution in [3.8, 4) is 5.75 Å². The average molecular weight is 312 g/mol. The zero-order chi connectivity index (χ0) is 15.0. The number of halogens is 1. The van der Waals surface area contributed by atoms with Gasteiger partial charge in [0.25, 0.3) is 0 Å². The first-order valence-electron chi connectivity index (χ1n) is 6.75. The number of nitrogens with zero attached hydrogens (tertiary/aromatic N) is 1. The first kappa shape index (κ1) is 17.5. The van der Waals surface area contributed by atoms with Crippen LogP contribution in [0, 0.1) is 6.92 Å². The molecule has 1 aromatic carbocycles. The van der Waals surface area contributed by atoms with Gasteiger partial charge in [-0.2, -0.15) is 0 Å². The fraction of sp³-hybridized carbons (Fsp3) is 0.438. The van der Waals surface area contributed by atoms with Crippen molar-refractivity contribution in [2.24, 2.45) is 0 Å². The van der Waals surface area contributed by atoms with Crippen molar-refractivity contribution >= 4 is 23.4 Å². The van der Waals surface area contributed by atoms with Gasteiger partial charge in [0, 0.05) is 29.1 Å². The third-order valence-electron chi connectivity index (χ3n) is 3.39. The first-order chi connectivity index (χ1) is 9.31. The van der Waals surface area contributed by atoms with Crippen molar-refractivity contribution in [2.75, 3.05) is 14.1 Å².